The zero-order chi connectivity index (χ0) is 16.9. The van der Waals surface area contributed by atoms with Gasteiger partial charge in [0.2, 0.25) is 15.9 Å². The minimum Gasteiger partial charge on any atom is -0.341 e. The van der Waals surface area contributed by atoms with Gasteiger partial charge in [-0.05, 0) is 44.5 Å². The Balaban J connectivity index is 1.99. The summed E-state index contributed by atoms with van der Waals surface area (Å²) in [5.74, 6) is 0.307. The van der Waals surface area contributed by atoms with E-state index >= 15 is 0 Å². The number of nitrogens with zero attached hydrogens (tertiary/aromatic N) is 2. The van der Waals surface area contributed by atoms with Crippen molar-refractivity contribution in [3.05, 3.63) is 30.3 Å². The maximum Gasteiger partial charge on any atom is 0.243 e. The molecule has 1 aliphatic heterocycles. The molecule has 0 spiro atoms. The zero-order valence-corrected chi connectivity index (χ0v) is 14.6. The molecule has 1 aromatic rings. The molecule has 7 heteroatoms. The third-order valence-electron chi connectivity index (χ3n) is 4.17. The number of amides is 1. The first-order chi connectivity index (χ1) is 10.9. The number of nitrogens with one attached hydrogen (secondary N) is 1. The summed E-state index contributed by atoms with van der Waals surface area (Å²) in [7, 11) is -0.266. The minimum atomic E-state index is -3.62. The van der Waals surface area contributed by atoms with Gasteiger partial charge in [-0.2, -0.15) is 4.31 Å². The fraction of sp³-hybridized carbons (Fsp3) is 0.562. The van der Waals surface area contributed by atoms with Gasteiger partial charge in [0.1, 0.15) is 0 Å². The van der Waals surface area contributed by atoms with E-state index in [-0.39, 0.29) is 17.3 Å². The number of rotatable bonds is 6. The molecule has 1 amide bonds. The van der Waals surface area contributed by atoms with E-state index in [0.29, 0.717) is 19.0 Å². The SMILES string of the molecule is CNCC1CCCN(C(=O)CN(C)S(=O)(=O)c2ccccc2)C1. The van der Waals surface area contributed by atoms with E-state index in [9.17, 15) is 13.2 Å². The molecule has 1 aliphatic rings. The van der Waals surface area contributed by atoms with Crippen LogP contribution in [0.3, 0.4) is 0 Å². The predicted octanol–water partition coefficient (Wildman–Crippen LogP) is 0.765. The van der Waals surface area contributed by atoms with E-state index in [1.165, 1.54) is 7.05 Å². The first-order valence-corrected chi connectivity index (χ1v) is 9.33. The number of carbonyl (C=O) groups is 1. The summed E-state index contributed by atoms with van der Waals surface area (Å²) < 4.78 is 26.1. The van der Waals surface area contributed by atoms with Crippen molar-refractivity contribution >= 4 is 15.9 Å². The number of benzene rings is 1. The minimum absolute atomic E-state index is 0.122. The van der Waals surface area contributed by atoms with Crippen LogP contribution in [0.25, 0.3) is 0 Å². The highest BCUT2D eigenvalue weighted by Gasteiger charge is 2.27. The van der Waals surface area contributed by atoms with Crippen LogP contribution in [0.1, 0.15) is 12.8 Å². The van der Waals surface area contributed by atoms with Gasteiger partial charge in [-0.25, -0.2) is 8.42 Å². The lowest BCUT2D eigenvalue weighted by Crippen LogP contribution is -2.46. The van der Waals surface area contributed by atoms with Crippen molar-refractivity contribution < 1.29 is 13.2 Å². The maximum atomic E-state index is 12.5. The van der Waals surface area contributed by atoms with Crippen LogP contribution >= 0.6 is 0 Å². The van der Waals surface area contributed by atoms with Crippen molar-refractivity contribution in [3.63, 3.8) is 0 Å². The monoisotopic (exact) mass is 339 g/mol. The zero-order valence-electron chi connectivity index (χ0n) is 13.7. The topological polar surface area (TPSA) is 69.7 Å². The standard InChI is InChI=1S/C16H25N3O3S/c1-17-11-14-7-6-10-19(12-14)16(20)13-18(2)23(21,22)15-8-4-3-5-9-15/h3-5,8-9,14,17H,6-7,10-13H2,1-2H3. The van der Waals surface area contributed by atoms with Crippen molar-refractivity contribution in [2.45, 2.75) is 17.7 Å². The lowest BCUT2D eigenvalue weighted by atomic mass is 9.98. The number of hydrogen-bond acceptors (Lipinski definition) is 4. The van der Waals surface area contributed by atoms with Gasteiger partial charge < -0.3 is 10.2 Å². The Kier molecular flexibility index (Phi) is 6.15. The second-order valence-corrected chi connectivity index (χ2v) is 8.02. The Morgan fingerprint density at radius 2 is 2.04 bits per heavy atom. The molecule has 1 saturated heterocycles. The molecule has 1 fully saturated rings. The Morgan fingerprint density at radius 3 is 2.70 bits per heavy atom. The van der Waals surface area contributed by atoms with E-state index in [1.807, 2.05) is 7.05 Å². The Hall–Kier alpha value is -1.44. The molecule has 1 unspecified atom stereocenters. The molecule has 0 radical (unpaired) electrons. The number of carbonyl (C=O) groups excluding carboxylic acids is 1. The molecule has 2 rings (SSSR count). The highest BCUT2D eigenvalue weighted by Crippen LogP contribution is 2.17. The number of sulfonamides is 1. The lowest BCUT2D eigenvalue weighted by molar-refractivity contribution is -0.133. The Labute approximate surface area is 138 Å². The van der Waals surface area contributed by atoms with Crippen molar-refractivity contribution in [2.75, 3.05) is 40.3 Å². The lowest BCUT2D eigenvalue weighted by Gasteiger charge is -2.33. The summed E-state index contributed by atoms with van der Waals surface area (Å²) in [6.45, 7) is 2.16. The summed E-state index contributed by atoms with van der Waals surface area (Å²) in [6, 6.07) is 8.20. The third kappa shape index (κ3) is 4.53. The van der Waals surface area contributed by atoms with Crippen molar-refractivity contribution in [3.8, 4) is 0 Å². The highest BCUT2D eigenvalue weighted by atomic mass is 32.2. The third-order valence-corrected chi connectivity index (χ3v) is 5.99. The molecular formula is C16H25N3O3S. The second-order valence-electron chi connectivity index (χ2n) is 5.98. The Morgan fingerprint density at radius 1 is 1.35 bits per heavy atom. The van der Waals surface area contributed by atoms with Crippen LogP contribution in [-0.2, 0) is 14.8 Å². The van der Waals surface area contributed by atoms with Gasteiger partial charge in [0.05, 0.1) is 11.4 Å². The molecule has 1 N–H and O–H groups in total. The van der Waals surface area contributed by atoms with Gasteiger partial charge in [0.25, 0.3) is 0 Å². The summed E-state index contributed by atoms with van der Waals surface area (Å²) >= 11 is 0. The van der Waals surface area contributed by atoms with Crippen LogP contribution in [0, 0.1) is 5.92 Å². The van der Waals surface area contributed by atoms with Crippen molar-refractivity contribution in [1.82, 2.24) is 14.5 Å². The molecule has 23 heavy (non-hydrogen) atoms. The van der Waals surface area contributed by atoms with E-state index < -0.39 is 10.0 Å². The smallest absolute Gasteiger partial charge is 0.243 e. The fourth-order valence-electron chi connectivity index (χ4n) is 2.89. The molecule has 0 aromatic heterocycles. The maximum absolute atomic E-state index is 12.5. The highest BCUT2D eigenvalue weighted by molar-refractivity contribution is 7.89. The first-order valence-electron chi connectivity index (χ1n) is 7.89. The van der Waals surface area contributed by atoms with Gasteiger partial charge in [-0.1, -0.05) is 18.2 Å². The molecule has 6 nitrogen and oxygen atoms in total. The van der Waals surface area contributed by atoms with Crippen LogP contribution in [-0.4, -0.2) is 63.8 Å². The van der Waals surface area contributed by atoms with Gasteiger partial charge >= 0.3 is 0 Å². The molecule has 1 heterocycles. The molecular weight excluding hydrogens is 314 g/mol. The van der Waals surface area contributed by atoms with Crippen LogP contribution < -0.4 is 5.32 Å². The number of likely N-dealkylation sites (N-methyl/N-ethyl adjacent to an activating group) is 1. The summed E-state index contributed by atoms with van der Waals surface area (Å²) in [5.41, 5.74) is 0. The summed E-state index contributed by atoms with van der Waals surface area (Å²) in [5, 5.41) is 3.14. The van der Waals surface area contributed by atoms with Crippen LogP contribution in [0.4, 0.5) is 0 Å². The van der Waals surface area contributed by atoms with Gasteiger partial charge in [0.15, 0.2) is 0 Å². The first kappa shape index (κ1) is 17.9. The van der Waals surface area contributed by atoms with E-state index in [2.05, 4.69) is 5.32 Å². The fourth-order valence-corrected chi connectivity index (χ4v) is 4.04. The molecule has 0 saturated carbocycles. The molecule has 0 bridgehead atoms. The van der Waals surface area contributed by atoms with E-state index in [4.69, 9.17) is 0 Å². The van der Waals surface area contributed by atoms with Crippen molar-refractivity contribution in [1.29, 1.82) is 0 Å². The van der Waals surface area contributed by atoms with E-state index in [0.717, 1.165) is 23.7 Å². The molecule has 1 atom stereocenters. The quantitative estimate of drug-likeness (QED) is 0.831. The molecule has 128 valence electrons. The van der Waals surface area contributed by atoms with E-state index in [1.54, 1.807) is 35.2 Å². The summed E-state index contributed by atoms with van der Waals surface area (Å²) in [6.07, 6.45) is 2.07. The van der Waals surface area contributed by atoms with Crippen molar-refractivity contribution in [2.24, 2.45) is 5.92 Å². The molecule has 0 aliphatic carbocycles. The summed E-state index contributed by atoms with van der Waals surface area (Å²) in [4.78, 5) is 14.4. The average molecular weight is 339 g/mol. The number of likely N-dealkylation sites (tertiary alicyclic amines) is 1. The Bertz CT molecular complexity index is 617. The predicted molar refractivity (Wildman–Crippen MR) is 89.5 cm³/mol. The van der Waals surface area contributed by atoms with Crippen LogP contribution in [0.15, 0.2) is 35.2 Å². The number of piperidine rings is 1. The largest absolute Gasteiger partial charge is 0.341 e. The second kappa shape index (κ2) is 7.90. The number of hydrogen-bond donors (Lipinski definition) is 1. The van der Waals surface area contributed by atoms with Gasteiger partial charge in [-0.3, -0.25) is 4.79 Å². The average Bonchev–Trinajstić information content (AvgIpc) is 2.56. The molecule has 1 aromatic carbocycles. The normalized spacial score (nSPS) is 19.1. The van der Waals surface area contributed by atoms with Gasteiger partial charge in [-0.15, -0.1) is 0 Å². The van der Waals surface area contributed by atoms with Crippen LogP contribution in [0.5, 0.6) is 0 Å². The van der Waals surface area contributed by atoms with Gasteiger partial charge in [0, 0.05) is 20.1 Å². The van der Waals surface area contributed by atoms with Crippen LogP contribution in [0.2, 0.25) is 0 Å².